The Hall–Kier alpha value is -4.01. The van der Waals surface area contributed by atoms with Gasteiger partial charge < -0.3 is 9.52 Å². The maximum Gasteiger partial charge on any atom is 0.230 e. The second kappa shape index (κ2) is 10.5. The van der Waals surface area contributed by atoms with Crippen molar-refractivity contribution in [2.75, 3.05) is 0 Å². The van der Waals surface area contributed by atoms with E-state index in [1.54, 1.807) is 24.4 Å². The van der Waals surface area contributed by atoms with Crippen molar-refractivity contribution in [3.63, 3.8) is 0 Å². The summed E-state index contributed by atoms with van der Waals surface area (Å²) >= 11 is 0. The van der Waals surface area contributed by atoms with Crippen LogP contribution in [0.15, 0.2) is 114 Å². The zero-order valence-corrected chi connectivity index (χ0v) is 22.3. The number of fused-ring (bicyclic) bond motifs is 1. The van der Waals surface area contributed by atoms with E-state index in [0.717, 1.165) is 33.5 Å². The van der Waals surface area contributed by atoms with E-state index in [9.17, 15) is 5.11 Å². The molecule has 0 aliphatic carbocycles. The molecule has 4 nitrogen and oxygen atoms in total. The van der Waals surface area contributed by atoms with Crippen molar-refractivity contribution < 1.29 is 30.6 Å². The summed E-state index contributed by atoms with van der Waals surface area (Å²) in [4.78, 5) is 9.33. The number of benzene rings is 4. The van der Waals surface area contributed by atoms with Gasteiger partial charge in [0.1, 0.15) is 11.3 Å². The molecule has 1 N–H and O–H groups in total. The number of hydrogen-bond acceptors (Lipinski definition) is 4. The summed E-state index contributed by atoms with van der Waals surface area (Å²) < 4.78 is 6.24. The minimum atomic E-state index is 0. The van der Waals surface area contributed by atoms with Gasteiger partial charge in [0.15, 0.2) is 0 Å². The van der Waals surface area contributed by atoms with Crippen molar-refractivity contribution in [1.82, 2.24) is 9.97 Å². The Morgan fingerprint density at radius 3 is 2.30 bits per heavy atom. The van der Waals surface area contributed by atoms with Crippen LogP contribution in [0.5, 0.6) is 5.75 Å². The van der Waals surface area contributed by atoms with Gasteiger partial charge in [-0.2, -0.15) is 0 Å². The van der Waals surface area contributed by atoms with Gasteiger partial charge in [0.2, 0.25) is 5.89 Å². The molecule has 1 atom stereocenters. The molecule has 0 amide bonds. The van der Waals surface area contributed by atoms with Crippen molar-refractivity contribution in [3.05, 3.63) is 127 Å². The zero-order valence-electron chi connectivity index (χ0n) is 20.0. The van der Waals surface area contributed by atoms with Crippen LogP contribution >= 0.6 is 0 Å². The monoisotopic (exact) mass is 662 g/mol. The minimum Gasteiger partial charge on any atom is -0.507 e. The summed E-state index contributed by atoms with van der Waals surface area (Å²) in [6.07, 6.45) is 1.78. The molecule has 2 heterocycles. The Bertz CT molecular complexity index is 1660. The van der Waals surface area contributed by atoms with Crippen LogP contribution < -0.4 is 0 Å². The summed E-state index contributed by atoms with van der Waals surface area (Å²) in [5, 5.41) is 10.4. The van der Waals surface area contributed by atoms with E-state index in [1.165, 1.54) is 5.56 Å². The molecule has 2 aromatic heterocycles. The predicted molar refractivity (Wildman–Crippen MR) is 143 cm³/mol. The van der Waals surface area contributed by atoms with E-state index >= 15 is 0 Å². The Balaban J connectivity index is 0.00000280. The molecule has 0 bridgehead atoms. The molecule has 0 spiro atoms. The number of aromatic nitrogens is 2. The van der Waals surface area contributed by atoms with E-state index in [4.69, 9.17) is 9.40 Å². The number of hydrogen-bond donors (Lipinski definition) is 1. The number of phenolic OH excluding ortho intramolecular Hbond substituents is 1. The van der Waals surface area contributed by atoms with Crippen molar-refractivity contribution in [1.29, 1.82) is 0 Å². The average Bonchev–Trinajstić information content (AvgIpc) is 3.37. The first-order valence-corrected chi connectivity index (χ1v) is 11.9. The van der Waals surface area contributed by atoms with Crippen LogP contribution in [0.4, 0.5) is 0 Å². The van der Waals surface area contributed by atoms with Crippen molar-refractivity contribution in [2.24, 2.45) is 0 Å². The van der Waals surface area contributed by atoms with Crippen LogP contribution in [-0.2, 0) is 21.1 Å². The molecule has 5 heteroatoms. The number of aromatic hydroxyl groups is 1. The van der Waals surface area contributed by atoms with Gasteiger partial charge in [0.25, 0.3) is 0 Å². The molecular weight excluding hydrogens is 639 g/mol. The van der Waals surface area contributed by atoms with Gasteiger partial charge in [-0.1, -0.05) is 78.7 Å². The third-order valence-corrected chi connectivity index (χ3v) is 6.48. The van der Waals surface area contributed by atoms with Crippen molar-refractivity contribution >= 4 is 11.1 Å². The van der Waals surface area contributed by atoms with Gasteiger partial charge in [-0.25, -0.2) is 4.98 Å². The standard InChI is InChI=1S/C32H23N2O2.Pt/c1-21(22-10-3-2-4-11-22)25-19-27(23-12-9-13-24(18-23)28-15-7-8-17-33-28)31-30(20-25)36-32(34-31)26-14-5-6-16-29(26)35;/h2-17,19-21,35H,1H3;/q-1;. The molecule has 37 heavy (non-hydrogen) atoms. The molecule has 0 saturated carbocycles. The second-order valence-corrected chi connectivity index (χ2v) is 8.78. The maximum absolute atomic E-state index is 10.4. The van der Waals surface area contributed by atoms with E-state index in [-0.39, 0.29) is 32.7 Å². The maximum atomic E-state index is 10.4. The number of para-hydroxylation sites is 1. The van der Waals surface area contributed by atoms with E-state index < -0.39 is 0 Å². The molecule has 0 aliphatic rings. The summed E-state index contributed by atoms with van der Waals surface area (Å²) in [5.41, 5.74) is 7.88. The average molecular weight is 663 g/mol. The van der Waals surface area contributed by atoms with Gasteiger partial charge in [-0.3, -0.25) is 4.98 Å². The van der Waals surface area contributed by atoms with E-state index in [0.29, 0.717) is 17.0 Å². The zero-order chi connectivity index (χ0) is 24.5. The largest absolute Gasteiger partial charge is 0.507 e. The van der Waals surface area contributed by atoms with Crippen LogP contribution in [0.1, 0.15) is 24.0 Å². The Labute approximate surface area is 229 Å². The molecule has 4 aromatic carbocycles. The van der Waals surface area contributed by atoms with Gasteiger partial charge in [-0.15, -0.1) is 29.8 Å². The number of oxazole rings is 1. The van der Waals surface area contributed by atoms with Crippen molar-refractivity contribution in [2.45, 2.75) is 12.8 Å². The van der Waals surface area contributed by atoms with Crippen LogP contribution in [0.3, 0.4) is 0 Å². The minimum absolute atomic E-state index is 0. The van der Waals surface area contributed by atoms with Crippen molar-refractivity contribution in [3.8, 4) is 39.6 Å². The fraction of sp³-hybridized carbons (Fsp3) is 0.0625. The third-order valence-electron chi connectivity index (χ3n) is 6.48. The normalized spacial score (nSPS) is 11.7. The molecule has 6 rings (SSSR count). The predicted octanol–water partition coefficient (Wildman–Crippen LogP) is 7.88. The van der Waals surface area contributed by atoms with Crippen LogP contribution in [-0.4, -0.2) is 15.1 Å². The Kier molecular flexibility index (Phi) is 7.03. The van der Waals surface area contributed by atoms with Gasteiger partial charge >= 0.3 is 0 Å². The molecular formula is C32H23N2O2Pt-. The molecule has 0 radical (unpaired) electrons. The number of phenols is 1. The number of pyridine rings is 1. The molecule has 184 valence electrons. The number of rotatable bonds is 5. The van der Waals surface area contributed by atoms with E-state index in [2.05, 4.69) is 54.4 Å². The Morgan fingerprint density at radius 2 is 1.51 bits per heavy atom. The van der Waals surface area contributed by atoms with Gasteiger partial charge in [0.05, 0.1) is 11.1 Å². The molecule has 6 aromatic rings. The van der Waals surface area contributed by atoms with E-state index in [1.807, 2.05) is 48.5 Å². The topological polar surface area (TPSA) is 59.2 Å². The summed E-state index contributed by atoms with van der Waals surface area (Å²) in [7, 11) is 0. The van der Waals surface area contributed by atoms with Crippen LogP contribution in [0.25, 0.3) is 44.9 Å². The Morgan fingerprint density at radius 1 is 0.757 bits per heavy atom. The summed E-state index contributed by atoms with van der Waals surface area (Å²) in [5.74, 6) is 0.661. The van der Waals surface area contributed by atoms with Gasteiger partial charge in [0, 0.05) is 38.9 Å². The fourth-order valence-electron chi connectivity index (χ4n) is 4.51. The fourth-order valence-corrected chi connectivity index (χ4v) is 4.51. The number of nitrogens with zero attached hydrogens (tertiary/aromatic N) is 2. The SMILES string of the molecule is CC(c1ccccc1)c1cc(-c2[c-]c(-c3ccccn3)ccc2)c2nc(-c3ccccc3O)oc2c1.[Pt]. The van der Waals surface area contributed by atoms with Gasteiger partial charge in [-0.05, 0) is 35.4 Å². The first kappa shape index (κ1) is 24.7. The smallest absolute Gasteiger partial charge is 0.230 e. The summed E-state index contributed by atoms with van der Waals surface area (Å²) in [6, 6.07) is 37.2. The second-order valence-electron chi connectivity index (χ2n) is 8.78. The molecule has 0 aliphatic heterocycles. The molecule has 0 saturated heterocycles. The first-order valence-electron chi connectivity index (χ1n) is 11.9. The van der Waals surface area contributed by atoms with Crippen LogP contribution in [0.2, 0.25) is 0 Å². The quantitative estimate of drug-likeness (QED) is 0.191. The summed E-state index contributed by atoms with van der Waals surface area (Å²) in [6.45, 7) is 2.19. The first-order chi connectivity index (χ1) is 17.7. The van der Waals surface area contributed by atoms with Crippen LogP contribution in [0, 0.1) is 6.07 Å². The molecule has 0 fully saturated rings. The third kappa shape index (κ3) is 4.85. The molecule has 1 unspecified atom stereocenters.